The van der Waals surface area contributed by atoms with Gasteiger partial charge < -0.3 is 75.5 Å². The fourth-order valence-electron chi connectivity index (χ4n) is 9.09. The first kappa shape index (κ1) is 76.2. The van der Waals surface area contributed by atoms with Crippen molar-refractivity contribution in [2.45, 2.75) is 149 Å². The third-order valence-electron chi connectivity index (χ3n) is 14.7. The SMILES string of the molecule is COc1ccc(C[C@H]2NC(=O)/C=C/C[C@@H]([C@H](C)[C@H]3O[C@@H]3c3ccc(CNC(=O)[C@H](CCCCNC(=O)CCOCCOCCOCCOCCC(=O)NCCS(=O)(=O)O)NC(=O)[C@@H](N)C(C)C)cc3)OC(=O)[C@H](CC(C)C)OC(=O)C(C)(C)CNC2=O)cc1Cl. The van der Waals surface area contributed by atoms with Crippen LogP contribution in [0.5, 0.6) is 5.75 Å². The van der Waals surface area contributed by atoms with Gasteiger partial charge in [-0.15, -0.1) is 0 Å². The zero-order valence-corrected chi connectivity index (χ0v) is 54.6. The number of benzene rings is 2. The Hall–Kier alpha value is -6.30. The van der Waals surface area contributed by atoms with Gasteiger partial charge in [0.1, 0.15) is 30.0 Å². The number of nitrogens with two attached hydrogens (primary N) is 1. The molecule has 26 nitrogen and oxygen atoms in total. The van der Waals surface area contributed by atoms with Crippen LogP contribution in [0.3, 0.4) is 0 Å². The number of hydrogen-bond acceptors (Lipinski definition) is 19. The van der Waals surface area contributed by atoms with E-state index in [0.717, 1.165) is 11.1 Å². The molecule has 2 aromatic carbocycles. The Labute approximate surface area is 533 Å². The molecule has 28 heteroatoms. The van der Waals surface area contributed by atoms with Crippen LogP contribution in [0.15, 0.2) is 54.6 Å². The number of esters is 2. The van der Waals surface area contributed by atoms with Gasteiger partial charge in [-0.2, -0.15) is 8.42 Å². The summed E-state index contributed by atoms with van der Waals surface area (Å²) in [7, 11) is -2.66. The van der Waals surface area contributed by atoms with Crippen LogP contribution in [0.2, 0.25) is 5.02 Å². The first-order valence-corrected chi connectivity index (χ1v) is 32.5. The Bertz CT molecular complexity index is 2790. The summed E-state index contributed by atoms with van der Waals surface area (Å²) in [5.41, 5.74) is 7.09. The van der Waals surface area contributed by atoms with E-state index in [0.29, 0.717) is 55.5 Å². The van der Waals surface area contributed by atoms with Crippen LogP contribution in [0.25, 0.3) is 0 Å². The van der Waals surface area contributed by atoms with Crippen molar-refractivity contribution in [2.75, 3.05) is 85.4 Å². The van der Waals surface area contributed by atoms with Gasteiger partial charge in [-0.1, -0.05) is 82.6 Å². The second-order valence-electron chi connectivity index (χ2n) is 23.6. The second-order valence-corrected chi connectivity index (χ2v) is 25.6. The maximum Gasteiger partial charge on any atom is 0.347 e. The number of nitrogens with one attached hydrogen (secondary N) is 6. The van der Waals surface area contributed by atoms with Crippen molar-refractivity contribution in [1.29, 1.82) is 0 Å². The fourth-order valence-corrected chi connectivity index (χ4v) is 9.73. The number of amides is 6. The fraction of sp³-hybridized carbons (Fsp3) is 0.645. The van der Waals surface area contributed by atoms with E-state index in [2.05, 4.69) is 31.9 Å². The number of halogens is 1. The monoisotopic (exact) mass is 1310 g/mol. The molecule has 0 aliphatic carbocycles. The van der Waals surface area contributed by atoms with Crippen LogP contribution in [0.1, 0.15) is 116 Å². The molecular formula is C62H94ClN7O19S. The maximum absolute atomic E-state index is 14.0. The number of rotatable bonds is 37. The Balaban J connectivity index is 1.25. The smallest absolute Gasteiger partial charge is 0.347 e. The molecule has 504 valence electrons. The normalized spacial score (nSPS) is 20.3. The van der Waals surface area contributed by atoms with Gasteiger partial charge in [0.05, 0.1) is 88.3 Å². The number of unbranched alkanes of at least 4 members (excludes halogenated alkanes) is 1. The molecule has 0 aromatic heterocycles. The average Bonchev–Trinajstić information content (AvgIpc) is 2.09. The summed E-state index contributed by atoms with van der Waals surface area (Å²) in [6, 6.07) is 9.68. The zero-order chi connectivity index (χ0) is 66.4. The largest absolute Gasteiger partial charge is 0.495 e. The molecule has 2 heterocycles. The molecule has 8 atom stereocenters. The van der Waals surface area contributed by atoms with Gasteiger partial charge >= 0.3 is 11.9 Å². The summed E-state index contributed by atoms with van der Waals surface area (Å²) in [4.78, 5) is 106. The highest BCUT2D eigenvalue weighted by Gasteiger charge is 2.48. The first-order chi connectivity index (χ1) is 42.7. The van der Waals surface area contributed by atoms with E-state index in [1.165, 1.54) is 13.2 Å². The predicted octanol–water partition coefficient (Wildman–Crippen LogP) is 3.35. The van der Waals surface area contributed by atoms with Crippen LogP contribution in [-0.4, -0.2) is 182 Å². The molecule has 6 amide bonds. The van der Waals surface area contributed by atoms with E-state index in [-0.39, 0.29) is 115 Å². The molecule has 90 heavy (non-hydrogen) atoms. The van der Waals surface area contributed by atoms with Gasteiger partial charge in [-0.25, -0.2) is 4.79 Å². The highest BCUT2D eigenvalue weighted by molar-refractivity contribution is 7.85. The standard InChI is InChI=1S/C62H94ClN7O19S/c1-39(2)34-50-60(77)87-48(13-11-14-53(73)69-47(36-43-17-20-49(82-8)45(63)35-43)58(75)68-38-62(6,7)61(78)88-50)41(5)55-56(89-55)44-18-15-42(16-19-44)37-67-57(74)46(70-59(76)54(64)40(3)4)12-9-10-23-65-51(71)21-25-83-27-29-85-31-32-86-30-28-84-26-22-52(72)66-24-33-90(79,80)81/h11,14-20,35,39-41,46-48,50,54-56H,9-10,12-13,21-34,36-38,64H2,1-8H3,(H,65,71)(H,66,72)(H,67,74)(H,68,75)(H,69,73)(H,70,76)(H,79,80,81)/b14-11+/t41-,46-,47+,48-,50-,54-,55+,56+/m0/s1. The number of carbonyl (C=O) groups is 8. The third kappa shape index (κ3) is 28.9. The predicted molar refractivity (Wildman–Crippen MR) is 332 cm³/mol. The molecule has 2 aromatic rings. The number of cyclic esters (lactones) is 2. The molecule has 9 N–H and O–H groups in total. The lowest BCUT2D eigenvalue weighted by Crippen LogP contribution is -2.52. The summed E-state index contributed by atoms with van der Waals surface area (Å²) in [5, 5.41) is 16.8. The van der Waals surface area contributed by atoms with Crippen molar-refractivity contribution in [2.24, 2.45) is 28.9 Å². The van der Waals surface area contributed by atoms with E-state index < -0.39 is 105 Å². The lowest BCUT2D eigenvalue weighted by Gasteiger charge is -2.29. The van der Waals surface area contributed by atoms with Crippen molar-refractivity contribution < 1.29 is 89.2 Å². The highest BCUT2D eigenvalue weighted by atomic mass is 35.5. The van der Waals surface area contributed by atoms with Crippen LogP contribution < -0.4 is 42.4 Å². The molecule has 4 rings (SSSR count). The minimum Gasteiger partial charge on any atom is -0.495 e. The molecule has 1 fully saturated rings. The molecule has 0 unspecified atom stereocenters. The molecule has 0 bridgehead atoms. The van der Waals surface area contributed by atoms with Crippen molar-refractivity contribution in [3.8, 4) is 5.75 Å². The van der Waals surface area contributed by atoms with E-state index in [1.54, 1.807) is 38.1 Å². The van der Waals surface area contributed by atoms with Crippen molar-refractivity contribution in [3.63, 3.8) is 0 Å². The Morgan fingerprint density at radius 3 is 1.98 bits per heavy atom. The molecular weight excluding hydrogens is 1210 g/mol. The lowest BCUT2D eigenvalue weighted by molar-refractivity contribution is -0.179. The Kier molecular flexibility index (Phi) is 33.2. The third-order valence-corrected chi connectivity index (χ3v) is 15.7. The summed E-state index contributed by atoms with van der Waals surface area (Å²) < 4.78 is 75.3. The number of epoxide rings is 1. The Morgan fingerprint density at radius 1 is 0.800 bits per heavy atom. The number of carbonyl (C=O) groups excluding carboxylic acids is 8. The van der Waals surface area contributed by atoms with E-state index >= 15 is 0 Å². The zero-order valence-electron chi connectivity index (χ0n) is 53.0. The van der Waals surface area contributed by atoms with Crippen molar-refractivity contribution in [3.05, 3.63) is 76.3 Å². The van der Waals surface area contributed by atoms with Crippen LogP contribution in [0.4, 0.5) is 0 Å². The van der Waals surface area contributed by atoms with Crippen LogP contribution in [0, 0.1) is 23.2 Å². The summed E-state index contributed by atoms with van der Waals surface area (Å²) in [5.74, 6) is -4.87. The summed E-state index contributed by atoms with van der Waals surface area (Å²) in [6.45, 7) is 14.6. The van der Waals surface area contributed by atoms with Gasteiger partial charge in [-0.3, -0.25) is 38.1 Å². The molecule has 0 saturated carbocycles. The van der Waals surface area contributed by atoms with Gasteiger partial charge in [0, 0.05) is 57.8 Å². The van der Waals surface area contributed by atoms with Crippen LogP contribution in [-0.2, 0) is 94.6 Å². The summed E-state index contributed by atoms with van der Waals surface area (Å²) in [6.07, 6.45) is 1.72. The minimum absolute atomic E-state index is 0.0326. The van der Waals surface area contributed by atoms with Crippen molar-refractivity contribution in [1.82, 2.24) is 31.9 Å². The average molecular weight is 1310 g/mol. The number of hydrogen-bond donors (Lipinski definition) is 8. The summed E-state index contributed by atoms with van der Waals surface area (Å²) >= 11 is 6.39. The molecule has 2 aliphatic heterocycles. The number of methoxy groups -OCH3 is 1. The van der Waals surface area contributed by atoms with Gasteiger partial charge in [0.25, 0.3) is 10.1 Å². The van der Waals surface area contributed by atoms with Gasteiger partial charge in [0.2, 0.25) is 35.4 Å². The molecule has 1 saturated heterocycles. The van der Waals surface area contributed by atoms with E-state index in [9.17, 15) is 46.8 Å². The highest BCUT2D eigenvalue weighted by Crippen LogP contribution is 2.45. The van der Waals surface area contributed by atoms with E-state index in [4.69, 9.17) is 59.8 Å². The van der Waals surface area contributed by atoms with Crippen LogP contribution >= 0.6 is 11.6 Å². The van der Waals surface area contributed by atoms with Crippen molar-refractivity contribution >= 4 is 69.1 Å². The van der Waals surface area contributed by atoms with E-state index in [1.807, 2.05) is 58.9 Å². The molecule has 2 aliphatic rings. The first-order valence-electron chi connectivity index (χ1n) is 30.5. The Morgan fingerprint density at radius 2 is 1.40 bits per heavy atom. The number of ether oxygens (including phenoxy) is 8. The maximum atomic E-state index is 14.0. The lowest BCUT2D eigenvalue weighted by atomic mass is 9.92. The molecule has 0 spiro atoms. The van der Waals surface area contributed by atoms with Gasteiger partial charge in [-0.05, 0) is 86.3 Å². The molecule has 0 radical (unpaired) electrons. The minimum atomic E-state index is -4.14. The quantitative estimate of drug-likeness (QED) is 0.0208. The topological polar surface area (TPSA) is 366 Å². The second kappa shape index (κ2) is 39.2. The van der Waals surface area contributed by atoms with Gasteiger partial charge in [0.15, 0.2) is 6.10 Å².